The monoisotopic (exact) mass is 305 g/mol. The van der Waals surface area contributed by atoms with Crippen molar-refractivity contribution in [3.05, 3.63) is 28.8 Å². The lowest BCUT2D eigenvalue weighted by Crippen LogP contribution is -2.17. The zero-order valence-corrected chi connectivity index (χ0v) is 15.3. The van der Waals surface area contributed by atoms with Crippen LogP contribution in [0.5, 0.6) is 5.75 Å². The highest BCUT2D eigenvalue weighted by Crippen LogP contribution is 2.34. The number of rotatable bonds is 9. The summed E-state index contributed by atoms with van der Waals surface area (Å²) in [5.74, 6) is 0.466. The van der Waals surface area contributed by atoms with Crippen LogP contribution in [0.4, 0.5) is 0 Å². The molecule has 0 fully saturated rings. The molecule has 2 N–H and O–H groups in total. The van der Waals surface area contributed by atoms with E-state index >= 15 is 0 Å². The van der Waals surface area contributed by atoms with Crippen LogP contribution < -0.4 is 5.32 Å². The zero-order valence-electron chi connectivity index (χ0n) is 15.3. The van der Waals surface area contributed by atoms with Gasteiger partial charge < -0.3 is 10.4 Å². The van der Waals surface area contributed by atoms with Crippen molar-refractivity contribution in [2.75, 3.05) is 6.54 Å². The van der Waals surface area contributed by atoms with Gasteiger partial charge in [-0.3, -0.25) is 0 Å². The molecule has 0 aromatic heterocycles. The van der Waals surface area contributed by atoms with Gasteiger partial charge in [0.2, 0.25) is 0 Å². The van der Waals surface area contributed by atoms with Gasteiger partial charge in [-0.15, -0.1) is 0 Å². The average molecular weight is 306 g/mol. The maximum absolute atomic E-state index is 10.5. The van der Waals surface area contributed by atoms with E-state index in [0.29, 0.717) is 5.75 Å². The number of benzene rings is 1. The normalized spacial score (nSPS) is 11.9. The lowest BCUT2D eigenvalue weighted by molar-refractivity contribution is 0.436. The molecular formula is C20H35NO. The molecule has 0 aliphatic carbocycles. The maximum Gasteiger partial charge on any atom is 0.123 e. The van der Waals surface area contributed by atoms with Crippen molar-refractivity contribution >= 4 is 0 Å². The molecule has 0 aliphatic rings. The van der Waals surface area contributed by atoms with Gasteiger partial charge in [0.1, 0.15) is 5.75 Å². The van der Waals surface area contributed by atoms with Gasteiger partial charge >= 0.3 is 0 Å². The van der Waals surface area contributed by atoms with Crippen molar-refractivity contribution in [1.29, 1.82) is 0 Å². The summed E-state index contributed by atoms with van der Waals surface area (Å²) in [6, 6.07) is 4.20. The highest BCUT2D eigenvalue weighted by atomic mass is 16.3. The van der Waals surface area contributed by atoms with Gasteiger partial charge in [-0.1, -0.05) is 77.5 Å². The van der Waals surface area contributed by atoms with Crippen LogP contribution in [0.15, 0.2) is 12.1 Å². The summed E-state index contributed by atoms with van der Waals surface area (Å²) in [5.41, 5.74) is 3.27. The van der Waals surface area contributed by atoms with E-state index in [1.807, 2.05) is 0 Å². The van der Waals surface area contributed by atoms with Crippen LogP contribution in [-0.2, 0) is 12.0 Å². The highest BCUT2D eigenvalue weighted by Gasteiger charge is 2.20. The Balaban J connectivity index is 2.45. The quantitative estimate of drug-likeness (QED) is 0.595. The first kappa shape index (κ1) is 19.0. The third-order valence-electron chi connectivity index (χ3n) is 4.16. The molecule has 0 aliphatic heterocycles. The molecule has 0 bridgehead atoms. The van der Waals surface area contributed by atoms with Gasteiger partial charge in [-0.25, -0.2) is 0 Å². The number of aryl methyl sites for hydroxylation is 1. The lowest BCUT2D eigenvalue weighted by atomic mass is 9.84. The van der Waals surface area contributed by atoms with Crippen molar-refractivity contribution in [3.8, 4) is 5.75 Å². The Morgan fingerprint density at radius 2 is 1.64 bits per heavy atom. The molecule has 1 rings (SSSR count). The van der Waals surface area contributed by atoms with Crippen LogP contribution >= 0.6 is 0 Å². The number of aromatic hydroxyl groups is 1. The zero-order chi connectivity index (χ0) is 16.6. The summed E-state index contributed by atoms with van der Waals surface area (Å²) in [6.45, 7) is 12.6. The van der Waals surface area contributed by atoms with E-state index in [2.05, 4.69) is 52.1 Å². The molecule has 0 heterocycles. The molecule has 1 aromatic carbocycles. The fraction of sp³-hybridized carbons (Fsp3) is 0.700. The number of hydrogen-bond donors (Lipinski definition) is 2. The molecule has 22 heavy (non-hydrogen) atoms. The highest BCUT2D eigenvalue weighted by molar-refractivity contribution is 5.46. The summed E-state index contributed by atoms with van der Waals surface area (Å²) in [4.78, 5) is 0. The summed E-state index contributed by atoms with van der Waals surface area (Å²) < 4.78 is 0. The van der Waals surface area contributed by atoms with Crippen LogP contribution in [0.3, 0.4) is 0 Å². The van der Waals surface area contributed by atoms with Crippen LogP contribution in [0.1, 0.15) is 82.9 Å². The topological polar surface area (TPSA) is 32.3 Å². The van der Waals surface area contributed by atoms with Gasteiger partial charge in [0.15, 0.2) is 0 Å². The molecule has 2 heteroatoms. The van der Waals surface area contributed by atoms with Crippen LogP contribution in [0, 0.1) is 6.92 Å². The van der Waals surface area contributed by atoms with Crippen molar-refractivity contribution in [2.45, 2.75) is 85.1 Å². The molecule has 0 spiro atoms. The molecule has 0 atom stereocenters. The molecule has 0 radical (unpaired) electrons. The van der Waals surface area contributed by atoms with Crippen molar-refractivity contribution in [2.24, 2.45) is 0 Å². The SMILES string of the molecule is CCCCCCCCNCc1cc(C)cc(C(C)(C)C)c1O. The molecule has 0 saturated heterocycles. The predicted octanol–water partition coefficient (Wildman–Crippen LogP) is 5.45. The fourth-order valence-electron chi connectivity index (χ4n) is 2.81. The van der Waals surface area contributed by atoms with Crippen LogP contribution in [0.2, 0.25) is 0 Å². The minimum atomic E-state index is -0.0237. The Kier molecular flexibility index (Phi) is 7.95. The van der Waals surface area contributed by atoms with Crippen molar-refractivity contribution in [1.82, 2.24) is 5.32 Å². The predicted molar refractivity (Wildman–Crippen MR) is 96.6 cm³/mol. The summed E-state index contributed by atoms with van der Waals surface area (Å²) >= 11 is 0. The molecule has 0 amide bonds. The molecule has 126 valence electrons. The molecule has 0 unspecified atom stereocenters. The van der Waals surface area contributed by atoms with Gasteiger partial charge in [-0.2, -0.15) is 0 Å². The number of nitrogens with one attached hydrogen (secondary N) is 1. The maximum atomic E-state index is 10.5. The van der Waals surface area contributed by atoms with E-state index < -0.39 is 0 Å². The van der Waals surface area contributed by atoms with E-state index in [1.165, 1.54) is 44.1 Å². The second-order valence-corrected chi connectivity index (χ2v) is 7.51. The van der Waals surface area contributed by atoms with Gasteiger partial charge in [0, 0.05) is 12.1 Å². The second-order valence-electron chi connectivity index (χ2n) is 7.51. The minimum Gasteiger partial charge on any atom is -0.507 e. The standard InChI is InChI=1S/C20H35NO/c1-6-7-8-9-10-11-12-21-15-17-13-16(2)14-18(19(17)22)20(3,4)5/h13-14,21-22H,6-12,15H2,1-5H3. The van der Waals surface area contributed by atoms with E-state index in [1.54, 1.807) is 0 Å². The first-order chi connectivity index (χ1) is 10.4. The number of phenolic OH excluding ortho intramolecular Hbond substituents is 1. The third kappa shape index (κ3) is 6.39. The Hall–Kier alpha value is -1.02. The Morgan fingerprint density at radius 3 is 2.27 bits per heavy atom. The Bertz CT molecular complexity index is 446. The fourth-order valence-corrected chi connectivity index (χ4v) is 2.81. The average Bonchev–Trinajstić information content (AvgIpc) is 2.43. The summed E-state index contributed by atoms with van der Waals surface area (Å²) in [7, 11) is 0. The summed E-state index contributed by atoms with van der Waals surface area (Å²) in [6.07, 6.45) is 7.91. The van der Waals surface area contributed by atoms with Gasteiger partial charge in [0.05, 0.1) is 0 Å². The van der Waals surface area contributed by atoms with E-state index in [9.17, 15) is 5.11 Å². The Labute approximate surface area is 137 Å². The molecule has 0 saturated carbocycles. The van der Waals surface area contributed by atoms with E-state index in [4.69, 9.17) is 0 Å². The number of unbranched alkanes of at least 4 members (excludes halogenated alkanes) is 5. The lowest BCUT2D eigenvalue weighted by Gasteiger charge is -2.23. The first-order valence-corrected chi connectivity index (χ1v) is 8.90. The molecule has 2 nitrogen and oxygen atoms in total. The van der Waals surface area contributed by atoms with Gasteiger partial charge in [0.25, 0.3) is 0 Å². The van der Waals surface area contributed by atoms with Gasteiger partial charge in [-0.05, 0) is 30.9 Å². The number of hydrogen-bond acceptors (Lipinski definition) is 2. The molecular weight excluding hydrogens is 270 g/mol. The minimum absolute atomic E-state index is 0.0237. The van der Waals surface area contributed by atoms with Crippen molar-refractivity contribution in [3.63, 3.8) is 0 Å². The second kappa shape index (κ2) is 9.19. The Morgan fingerprint density at radius 1 is 1.00 bits per heavy atom. The number of phenols is 1. The van der Waals surface area contributed by atoms with Crippen molar-refractivity contribution < 1.29 is 5.11 Å². The first-order valence-electron chi connectivity index (χ1n) is 8.90. The van der Waals surface area contributed by atoms with E-state index in [0.717, 1.165) is 24.2 Å². The third-order valence-corrected chi connectivity index (χ3v) is 4.16. The summed E-state index contributed by atoms with van der Waals surface area (Å²) in [5, 5.41) is 14.0. The van der Waals surface area contributed by atoms with Crippen LogP contribution in [-0.4, -0.2) is 11.7 Å². The smallest absolute Gasteiger partial charge is 0.123 e. The molecule has 1 aromatic rings. The largest absolute Gasteiger partial charge is 0.507 e. The van der Waals surface area contributed by atoms with E-state index in [-0.39, 0.29) is 5.41 Å². The van der Waals surface area contributed by atoms with Crippen LogP contribution in [0.25, 0.3) is 0 Å².